The van der Waals surface area contributed by atoms with E-state index in [2.05, 4.69) is 36.4 Å². The van der Waals surface area contributed by atoms with E-state index in [4.69, 9.17) is 0 Å². The van der Waals surface area contributed by atoms with Crippen LogP contribution >= 0.6 is 15.9 Å². The second-order valence-corrected chi connectivity index (χ2v) is 6.28. The first-order chi connectivity index (χ1) is 12.2. The third-order valence-corrected chi connectivity index (χ3v) is 4.15. The van der Waals surface area contributed by atoms with Gasteiger partial charge in [0, 0.05) is 22.6 Å². The molecule has 7 heteroatoms. The van der Waals surface area contributed by atoms with Gasteiger partial charge >= 0.3 is 0 Å². The minimum atomic E-state index is -0.215. The number of nitrogens with zero attached hydrogens (tertiary/aromatic N) is 4. The monoisotopic (exact) mass is 393 g/mol. The number of amides is 1. The highest BCUT2D eigenvalue weighted by Crippen LogP contribution is 2.19. The summed E-state index contributed by atoms with van der Waals surface area (Å²) in [6.07, 6.45) is 3.15. The number of rotatable bonds is 3. The molecule has 1 amide bonds. The van der Waals surface area contributed by atoms with Gasteiger partial charge in [-0.1, -0.05) is 15.9 Å². The first kappa shape index (κ1) is 15.5. The standard InChI is InChI=1S/C18H12BrN5O/c19-13-3-6-15(7-4-13)24-22-16-8-5-14(10-17(16)23-24)21-18(25)12-2-1-9-20-11-12/h1-11H,(H,21,25). The maximum atomic E-state index is 12.2. The Morgan fingerprint density at radius 1 is 1.00 bits per heavy atom. The Bertz CT molecular complexity index is 1040. The Kier molecular flexibility index (Phi) is 3.99. The van der Waals surface area contributed by atoms with Gasteiger partial charge in [0.2, 0.25) is 0 Å². The van der Waals surface area contributed by atoms with Crippen molar-refractivity contribution < 1.29 is 4.79 Å². The van der Waals surface area contributed by atoms with Crippen molar-refractivity contribution in [1.82, 2.24) is 20.0 Å². The summed E-state index contributed by atoms with van der Waals surface area (Å²) in [6.45, 7) is 0. The van der Waals surface area contributed by atoms with Gasteiger partial charge in [0.15, 0.2) is 0 Å². The second kappa shape index (κ2) is 6.45. The van der Waals surface area contributed by atoms with Crippen LogP contribution in [0.2, 0.25) is 0 Å². The molecule has 4 aromatic rings. The van der Waals surface area contributed by atoms with E-state index in [1.54, 1.807) is 35.3 Å². The van der Waals surface area contributed by atoms with Gasteiger partial charge in [-0.05, 0) is 54.6 Å². The van der Waals surface area contributed by atoms with Crippen LogP contribution in [-0.4, -0.2) is 25.9 Å². The zero-order valence-electron chi connectivity index (χ0n) is 12.9. The highest BCUT2D eigenvalue weighted by atomic mass is 79.9. The summed E-state index contributed by atoms with van der Waals surface area (Å²) in [7, 11) is 0. The van der Waals surface area contributed by atoms with Crippen molar-refractivity contribution in [3.63, 3.8) is 0 Å². The lowest BCUT2D eigenvalue weighted by molar-refractivity contribution is 0.102. The number of pyridine rings is 1. The highest BCUT2D eigenvalue weighted by Gasteiger charge is 2.09. The minimum absolute atomic E-state index is 0.215. The summed E-state index contributed by atoms with van der Waals surface area (Å²) >= 11 is 3.41. The van der Waals surface area contributed by atoms with Gasteiger partial charge < -0.3 is 5.32 Å². The fraction of sp³-hybridized carbons (Fsp3) is 0. The molecule has 0 radical (unpaired) electrons. The average molecular weight is 394 g/mol. The smallest absolute Gasteiger partial charge is 0.257 e. The van der Waals surface area contributed by atoms with E-state index < -0.39 is 0 Å². The molecule has 0 aliphatic heterocycles. The van der Waals surface area contributed by atoms with E-state index in [0.717, 1.165) is 15.7 Å². The van der Waals surface area contributed by atoms with Gasteiger partial charge in [-0.3, -0.25) is 9.78 Å². The molecule has 0 saturated heterocycles. The number of anilines is 1. The lowest BCUT2D eigenvalue weighted by atomic mass is 10.2. The van der Waals surface area contributed by atoms with Gasteiger partial charge in [0.1, 0.15) is 11.0 Å². The SMILES string of the molecule is O=C(Nc1ccc2nn(-c3ccc(Br)cc3)nc2c1)c1cccnc1. The Morgan fingerprint density at radius 2 is 1.80 bits per heavy atom. The first-order valence-electron chi connectivity index (χ1n) is 7.53. The normalized spacial score (nSPS) is 10.8. The molecule has 1 N–H and O–H groups in total. The van der Waals surface area contributed by atoms with Crippen LogP contribution in [0, 0.1) is 0 Å². The fourth-order valence-electron chi connectivity index (χ4n) is 2.38. The third kappa shape index (κ3) is 3.27. The summed E-state index contributed by atoms with van der Waals surface area (Å²) in [5, 5.41) is 11.8. The molecule has 0 unspecified atom stereocenters. The lowest BCUT2D eigenvalue weighted by Gasteiger charge is -2.04. The molecule has 0 spiro atoms. The van der Waals surface area contributed by atoms with Crippen LogP contribution in [-0.2, 0) is 0 Å². The van der Waals surface area contributed by atoms with Crippen molar-refractivity contribution in [2.24, 2.45) is 0 Å². The first-order valence-corrected chi connectivity index (χ1v) is 8.33. The van der Waals surface area contributed by atoms with Gasteiger partial charge in [-0.25, -0.2) is 0 Å². The topological polar surface area (TPSA) is 72.7 Å². The van der Waals surface area contributed by atoms with Crippen LogP contribution in [0.15, 0.2) is 71.5 Å². The number of carbonyl (C=O) groups is 1. The average Bonchev–Trinajstić information content (AvgIpc) is 3.06. The summed E-state index contributed by atoms with van der Waals surface area (Å²) in [5.41, 5.74) is 3.47. The molecule has 4 rings (SSSR count). The number of carbonyl (C=O) groups excluding carboxylic acids is 1. The number of fused-ring (bicyclic) bond motifs is 1. The van der Waals surface area contributed by atoms with Crippen LogP contribution < -0.4 is 5.32 Å². The Balaban J connectivity index is 1.62. The zero-order chi connectivity index (χ0) is 17.2. The summed E-state index contributed by atoms with van der Waals surface area (Å²) < 4.78 is 0.994. The highest BCUT2D eigenvalue weighted by molar-refractivity contribution is 9.10. The van der Waals surface area contributed by atoms with Crippen molar-refractivity contribution in [2.75, 3.05) is 5.32 Å². The summed E-state index contributed by atoms with van der Waals surface area (Å²) in [4.78, 5) is 17.7. The van der Waals surface area contributed by atoms with Gasteiger partial charge in [-0.15, -0.1) is 10.2 Å². The van der Waals surface area contributed by atoms with E-state index in [9.17, 15) is 4.79 Å². The molecule has 2 heterocycles. The maximum Gasteiger partial charge on any atom is 0.257 e. The molecule has 6 nitrogen and oxygen atoms in total. The number of hydrogen-bond acceptors (Lipinski definition) is 4. The molecule has 2 aromatic carbocycles. The van der Waals surface area contributed by atoms with E-state index in [1.165, 1.54) is 6.20 Å². The van der Waals surface area contributed by atoms with Gasteiger partial charge in [0.05, 0.1) is 11.3 Å². The van der Waals surface area contributed by atoms with Crippen molar-refractivity contribution in [1.29, 1.82) is 0 Å². The number of hydrogen-bond donors (Lipinski definition) is 1. The lowest BCUT2D eigenvalue weighted by Crippen LogP contribution is -2.11. The number of halogens is 1. The molecule has 25 heavy (non-hydrogen) atoms. The molecule has 2 aromatic heterocycles. The zero-order valence-corrected chi connectivity index (χ0v) is 14.5. The molecule has 122 valence electrons. The van der Waals surface area contributed by atoms with Crippen LogP contribution in [0.1, 0.15) is 10.4 Å². The molecule has 0 bridgehead atoms. The van der Waals surface area contributed by atoms with Crippen molar-refractivity contribution >= 4 is 38.6 Å². The van der Waals surface area contributed by atoms with Crippen molar-refractivity contribution in [3.8, 4) is 5.69 Å². The van der Waals surface area contributed by atoms with Crippen LogP contribution in [0.3, 0.4) is 0 Å². The third-order valence-electron chi connectivity index (χ3n) is 3.62. The largest absolute Gasteiger partial charge is 0.322 e. The molecule has 0 saturated carbocycles. The Hall–Kier alpha value is -3.06. The van der Waals surface area contributed by atoms with E-state index in [0.29, 0.717) is 16.8 Å². The second-order valence-electron chi connectivity index (χ2n) is 5.37. The molecule has 0 atom stereocenters. The molecule has 0 aliphatic carbocycles. The van der Waals surface area contributed by atoms with E-state index in [-0.39, 0.29) is 5.91 Å². The fourth-order valence-corrected chi connectivity index (χ4v) is 2.65. The minimum Gasteiger partial charge on any atom is -0.322 e. The Labute approximate surface area is 151 Å². The van der Waals surface area contributed by atoms with Crippen LogP contribution in [0.5, 0.6) is 0 Å². The summed E-state index contributed by atoms with van der Waals surface area (Å²) in [5.74, 6) is -0.215. The van der Waals surface area contributed by atoms with E-state index in [1.807, 2.05) is 30.3 Å². The van der Waals surface area contributed by atoms with Gasteiger partial charge in [0.25, 0.3) is 5.91 Å². The Morgan fingerprint density at radius 3 is 2.56 bits per heavy atom. The number of benzene rings is 2. The summed E-state index contributed by atoms with van der Waals surface area (Å²) in [6, 6.07) is 16.6. The number of nitrogens with one attached hydrogen (secondary N) is 1. The van der Waals surface area contributed by atoms with E-state index >= 15 is 0 Å². The predicted molar refractivity (Wildman–Crippen MR) is 98.8 cm³/mol. The van der Waals surface area contributed by atoms with Crippen molar-refractivity contribution in [2.45, 2.75) is 0 Å². The quantitative estimate of drug-likeness (QED) is 0.573. The van der Waals surface area contributed by atoms with Crippen molar-refractivity contribution in [3.05, 3.63) is 77.0 Å². The molecule has 0 aliphatic rings. The predicted octanol–water partition coefficient (Wildman–Crippen LogP) is 3.83. The van der Waals surface area contributed by atoms with Crippen LogP contribution in [0.25, 0.3) is 16.7 Å². The molecular formula is C18H12BrN5O. The molecular weight excluding hydrogens is 382 g/mol. The van der Waals surface area contributed by atoms with Crippen LogP contribution in [0.4, 0.5) is 5.69 Å². The molecule has 0 fully saturated rings. The number of aromatic nitrogens is 4. The van der Waals surface area contributed by atoms with Gasteiger partial charge in [-0.2, -0.15) is 4.80 Å². The maximum absolute atomic E-state index is 12.2.